The number of ether oxygens (including phenoxy) is 2. The van der Waals surface area contributed by atoms with Gasteiger partial charge in [0.25, 0.3) is 0 Å². The molecule has 4 heteroatoms. The lowest BCUT2D eigenvalue weighted by Gasteiger charge is -2.26. The Kier molecular flexibility index (Phi) is 6.96. The van der Waals surface area contributed by atoms with Gasteiger partial charge in [0.05, 0.1) is 12.7 Å². The summed E-state index contributed by atoms with van der Waals surface area (Å²) in [4.78, 5) is 0. The molecule has 0 radical (unpaired) electrons. The van der Waals surface area contributed by atoms with Gasteiger partial charge in [-0.2, -0.15) is 0 Å². The van der Waals surface area contributed by atoms with Crippen LogP contribution in [0.15, 0.2) is 0 Å². The predicted molar refractivity (Wildman–Crippen MR) is 65.5 cm³/mol. The van der Waals surface area contributed by atoms with Crippen molar-refractivity contribution in [2.75, 3.05) is 27.4 Å². The largest absolute Gasteiger partial charge is 0.383 e. The molecule has 0 bridgehead atoms. The van der Waals surface area contributed by atoms with Crippen molar-refractivity contribution in [3.63, 3.8) is 0 Å². The van der Waals surface area contributed by atoms with Crippen molar-refractivity contribution >= 4 is 0 Å². The predicted octanol–water partition coefficient (Wildman–Crippen LogP) is 0.897. The molecule has 4 nitrogen and oxygen atoms in total. The topological polar surface area (TPSA) is 56.5 Å². The maximum atomic E-state index is 5.54. The van der Waals surface area contributed by atoms with E-state index in [4.69, 9.17) is 15.2 Å². The molecule has 1 aliphatic carbocycles. The van der Waals surface area contributed by atoms with Crippen LogP contribution in [0.2, 0.25) is 0 Å². The van der Waals surface area contributed by atoms with Gasteiger partial charge in [-0.15, -0.1) is 0 Å². The van der Waals surface area contributed by atoms with E-state index < -0.39 is 0 Å². The smallest absolute Gasteiger partial charge is 0.0724 e. The molecule has 1 rings (SSSR count). The van der Waals surface area contributed by atoms with Crippen LogP contribution in [-0.4, -0.2) is 45.6 Å². The van der Waals surface area contributed by atoms with E-state index in [0.717, 1.165) is 26.0 Å². The van der Waals surface area contributed by atoms with Gasteiger partial charge in [0.1, 0.15) is 0 Å². The van der Waals surface area contributed by atoms with Crippen LogP contribution >= 0.6 is 0 Å². The molecule has 0 aromatic carbocycles. The van der Waals surface area contributed by atoms with E-state index in [1.165, 1.54) is 19.3 Å². The Morgan fingerprint density at radius 3 is 2.81 bits per heavy atom. The van der Waals surface area contributed by atoms with E-state index in [-0.39, 0.29) is 0 Å². The first-order chi connectivity index (χ1) is 7.81. The van der Waals surface area contributed by atoms with Crippen LogP contribution in [0.5, 0.6) is 0 Å². The number of rotatable bonds is 8. The molecule has 1 fully saturated rings. The van der Waals surface area contributed by atoms with Crippen molar-refractivity contribution in [1.82, 2.24) is 5.32 Å². The molecule has 3 atom stereocenters. The minimum absolute atomic E-state index is 0.372. The fourth-order valence-corrected chi connectivity index (χ4v) is 2.48. The van der Waals surface area contributed by atoms with Gasteiger partial charge in [-0.05, 0) is 38.6 Å². The Balaban J connectivity index is 2.34. The summed E-state index contributed by atoms with van der Waals surface area (Å²) in [7, 11) is 3.55. The lowest BCUT2D eigenvalue weighted by Crippen LogP contribution is -2.45. The van der Waals surface area contributed by atoms with Crippen molar-refractivity contribution in [2.24, 2.45) is 5.73 Å². The maximum Gasteiger partial charge on any atom is 0.0724 e. The van der Waals surface area contributed by atoms with E-state index in [9.17, 15) is 0 Å². The lowest BCUT2D eigenvalue weighted by atomic mass is 10.1. The average Bonchev–Trinajstić information content (AvgIpc) is 2.73. The Morgan fingerprint density at radius 1 is 1.38 bits per heavy atom. The van der Waals surface area contributed by atoms with Crippen LogP contribution in [0.4, 0.5) is 0 Å². The highest BCUT2D eigenvalue weighted by Crippen LogP contribution is 2.22. The fraction of sp³-hybridized carbons (Fsp3) is 1.00. The Bertz CT molecular complexity index is 178. The zero-order chi connectivity index (χ0) is 11.8. The SMILES string of the molecule is COCC(CCCN)NC1CCCC1OC. The number of hydrogen-bond acceptors (Lipinski definition) is 4. The van der Waals surface area contributed by atoms with E-state index in [2.05, 4.69) is 5.32 Å². The van der Waals surface area contributed by atoms with Crippen molar-refractivity contribution in [3.8, 4) is 0 Å². The molecule has 0 aromatic heterocycles. The first kappa shape index (κ1) is 13.9. The normalized spacial score (nSPS) is 27.2. The molecule has 1 saturated carbocycles. The summed E-state index contributed by atoms with van der Waals surface area (Å²) in [6.07, 6.45) is 6.14. The first-order valence-electron chi connectivity index (χ1n) is 6.29. The highest BCUT2D eigenvalue weighted by atomic mass is 16.5. The average molecular weight is 230 g/mol. The second kappa shape index (κ2) is 8.01. The van der Waals surface area contributed by atoms with Gasteiger partial charge in [-0.3, -0.25) is 0 Å². The van der Waals surface area contributed by atoms with Gasteiger partial charge < -0.3 is 20.5 Å². The van der Waals surface area contributed by atoms with Crippen LogP contribution in [0.3, 0.4) is 0 Å². The molecular formula is C12H26N2O2. The van der Waals surface area contributed by atoms with Gasteiger partial charge in [0.15, 0.2) is 0 Å². The second-order valence-corrected chi connectivity index (χ2v) is 4.56. The maximum absolute atomic E-state index is 5.54. The van der Waals surface area contributed by atoms with E-state index in [0.29, 0.717) is 18.2 Å². The lowest BCUT2D eigenvalue weighted by molar-refractivity contribution is 0.0722. The molecule has 0 heterocycles. The van der Waals surface area contributed by atoms with Gasteiger partial charge in [-0.25, -0.2) is 0 Å². The zero-order valence-corrected chi connectivity index (χ0v) is 10.6. The summed E-state index contributed by atoms with van der Waals surface area (Å²) >= 11 is 0. The minimum atomic E-state index is 0.372. The zero-order valence-electron chi connectivity index (χ0n) is 10.6. The molecule has 3 N–H and O–H groups in total. The third-order valence-corrected chi connectivity index (χ3v) is 3.33. The van der Waals surface area contributed by atoms with Crippen LogP contribution in [0.1, 0.15) is 32.1 Å². The van der Waals surface area contributed by atoms with Gasteiger partial charge >= 0.3 is 0 Å². The molecule has 96 valence electrons. The fourth-order valence-electron chi connectivity index (χ4n) is 2.48. The third-order valence-electron chi connectivity index (χ3n) is 3.33. The van der Waals surface area contributed by atoms with Gasteiger partial charge in [-0.1, -0.05) is 0 Å². The standard InChI is InChI=1S/C12H26N2O2/c1-15-9-10(5-4-8-13)14-11-6-3-7-12(11)16-2/h10-12,14H,3-9,13H2,1-2H3. The highest BCUT2D eigenvalue weighted by Gasteiger charge is 2.28. The summed E-state index contributed by atoms with van der Waals surface area (Å²) in [6.45, 7) is 1.51. The quantitative estimate of drug-likeness (QED) is 0.650. The molecule has 0 saturated heterocycles. The summed E-state index contributed by atoms with van der Waals surface area (Å²) in [5.74, 6) is 0. The van der Waals surface area contributed by atoms with E-state index in [1.54, 1.807) is 14.2 Å². The van der Waals surface area contributed by atoms with E-state index >= 15 is 0 Å². The molecule has 16 heavy (non-hydrogen) atoms. The van der Waals surface area contributed by atoms with E-state index in [1.807, 2.05) is 0 Å². The van der Waals surface area contributed by atoms with Crippen LogP contribution in [-0.2, 0) is 9.47 Å². The molecule has 1 aliphatic rings. The van der Waals surface area contributed by atoms with Crippen LogP contribution < -0.4 is 11.1 Å². The summed E-state index contributed by atoms with van der Waals surface area (Å²) in [5, 5.41) is 3.65. The first-order valence-corrected chi connectivity index (χ1v) is 6.29. The molecule has 3 unspecified atom stereocenters. The number of hydrogen-bond donors (Lipinski definition) is 2. The molecular weight excluding hydrogens is 204 g/mol. The molecule has 0 spiro atoms. The van der Waals surface area contributed by atoms with Crippen LogP contribution in [0, 0.1) is 0 Å². The highest BCUT2D eigenvalue weighted by molar-refractivity contribution is 4.86. The van der Waals surface area contributed by atoms with Crippen LogP contribution in [0.25, 0.3) is 0 Å². The van der Waals surface area contributed by atoms with Crippen molar-refractivity contribution in [2.45, 2.75) is 50.3 Å². The molecule has 0 aliphatic heterocycles. The minimum Gasteiger partial charge on any atom is -0.383 e. The number of nitrogens with two attached hydrogens (primary N) is 1. The Labute approximate surface area is 98.9 Å². The second-order valence-electron chi connectivity index (χ2n) is 4.56. The Morgan fingerprint density at radius 2 is 2.19 bits per heavy atom. The molecule has 0 amide bonds. The summed E-state index contributed by atoms with van der Waals surface area (Å²) in [5.41, 5.74) is 5.54. The summed E-state index contributed by atoms with van der Waals surface area (Å²) < 4.78 is 10.7. The van der Waals surface area contributed by atoms with Gasteiger partial charge in [0.2, 0.25) is 0 Å². The van der Waals surface area contributed by atoms with Crippen molar-refractivity contribution < 1.29 is 9.47 Å². The number of nitrogens with one attached hydrogen (secondary N) is 1. The Hall–Kier alpha value is -0.160. The summed E-state index contributed by atoms with van der Waals surface area (Å²) in [6, 6.07) is 0.900. The molecule has 0 aromatic rings. The van der Waals surface area contributed by atoms with Crippen molar-refractivity contribution in [3.05, 3.63) is 0 Å². The monoisotopic (exact) mass is 230 g/mol. The van der Waals surface area contributed by atoms with Crippen molar-refractivity contribution in [1.29, 1.82) is 0 Å². The van der Waals surface area contributed by atoms with Gasteiger partial charge in [0, 0.05) is 26.3 Å². The number of methoxy groups -OCH3 is 2. The third kappa shape index (κ3) is 4.37.